The highest BCUT2D eigenvalue weighted by atomic mass is 32.2. The van der Waals surface area contributed by atoms with E-state index in [2.05, 4.69) is 5.10 Å². The number of methoxy groups -OCH3 is 1. The number of piperazine rings is 1. The number of sulfonamides is 1. The number of esters is 1. The molecule has 0 N–H and O–H groups in total. The van der Waals surface area contributed by atoms with Gasteiger partial charge in [-0.05, 0) is 44.0 Å². The molecule has 11 nitrogen and oxygen atoms in total. The SMILES string of the molecule is CCOC(=O)C1CCCN(c2c(N3CCN(S(=O)(=O)c4cccc(OC)c4)CC3)cnn(-c3ccccc3)c2=O)C1. The average Bonchev–Trinajstić information content (AvgIpc) is 3.01. The van der Waals surface area contributed by atoms with Crippen molar-refractivity contribution in [1.29, 1.82) is 0 Å². The monoisotopic (exact) mass is 581 g/mol. The van der Waals surface area contributed by atoms with E-state index < -0.39 is 10.0 Å². The summed E-state index contributed by atoms with van der Waals surface area (Å²) < 4.78 is 40.0. The Labute approximate surface area is 239 Å². The molecule has 1 unspecified atom stereocenters. The summed E-state index contributed by atoms with van der Waals surface area (Å²) in [7, 11) is -2.22. The second-order valence-corrected chi connectivity index (χ2v) is 12.0. The van der Waals surface area contributed by atoms with Crippen LogP contribution in [0.15, 0.2) is 70.5 Å². The summed E-state index contributed by atoms with van der Waals surface area (Å²) in [6, 6.07) is 15.6. The minimum atomic E-state index is -3.72. The number of carbonyl (C=O) groups is 1. The number of rotatable bonds is 8. The normalized spacial score (nSPS) is 18.2. The summed E-state index contributed by atoms with van der Waals surface area (Å²) in [5.41, 5.74) is 1.44. The molecule has 3 heterocycles. The van der Waals surface area contributed by atoms with Gasteiger partial charge in [0.05, 0.1) is 42.1 Å². The largest absolute Gasteiger partial charge is 0.497 e. The molecule has 0 spiro atoms. The van der Waals surface area contributed by atoms with Gasteiger partial charge in [0, 0.05) is 45.3 Å². The van der Waals surface area contributed by atoms with E-state index >= 15 is 0 Å². The van der Waals surface area contributed by atoms with E-state index in [-0.39, 0.29) is 35.4 Å². The number of hydrogen-bond donors (Lipinski definition) is 0. The predicted molar refractivity (Wildman–Crippen MR) is 155 cm³/mol. The Hall–Kier alpha value is -3.90. The molecule has 218 valence electrons. The number of para-hydroxylation sites is 1. The van der Waals surface area contributed by atoms with Crippen molar-refractivity contribution < 1.29 is 22.7 Å². The fraction of sp³-hybridized carbons (Fsp3) is 0.414. The zero-order chi connectivity index (χ0) is 29.0. The molecule has 0 saturated carbocycles. The number of piperidine rings is 1. The van der Waals surface area contributed by atoms with E-state index in [1.165, 1.54) is 22.2 Å². The lowest BCUT2D eigenvalue weighted by atomic mass is 9.97. The van der Waals surface area contributed by atoms with Crippen LogP contribution in [-0.4, -0.2) is 81.5 Å². The molecule has 0 radical (unpaired) electrons. The van der Waals surface area contributed by atoms with E-state index in [0.29, 0.717) is 62.0 Å². The molecule has 2 fully saturated rings. The Morgan fingerprint density at radius 1 is 1.00 bits per heavy atom. The smallest absolute Gasteiger partial charge is 0.310 e. The zero-order valence-electron chi connectivity index (χ0n) is 23.3. The number of carbonyl (C=O) groups excluding carboxylic acids is 1. The highest BCUT2D eigenvalue weighted by Crippen LogP contribution is 2.31. The van der Waals surface area contributed by atoms with Crippen LogP contribution in [0.4, 0.5) is 11.4 Å². The number of benzene rings is 2. The standard InChI is InChI=1S/C29H35N5O6S/c1-3-40-29(36)22-9-8-14-32(21-22)27-26(20-30-34(28(27)35)23-10-5-4-6-11-23)31-15-17-33(18-16-31)41(37,38)25-13-7-12-24(19-25)39-2/h4-7,10-13,19-20,22H,3,8-9,14-18,21H2,1-2H3. The van der Waals surface area contributed by atoms with Crippen molar-refractivity contribution in [1.82, 2.24) is 14.1 Å². The molecule has 0 amide bonds. The van der Waals surface area contributed by atoms with Crippen molar-refractivity contribution in [3.05, 3.63) is 71.1 Å². The molecule has 2 aliphatic rings. The molecule has 2 aromatic carbocycles. The zero-order valence-corrected chi connectivity index (χ0v) is 24.1. The van der Waals surface area contributed by atoms with Crippen molar-refractivity contribution in [2.75, 3.05) is 62.8 Å². The van der Waals surface area contributed by atoms with Gasteiger partial charge in [-0.3, -0.25) is 9.59 Å². The second kappa shape index (κ2) is 12.3. The van der Waals surface area contributed by atoms with Crippen molar-refractivity contribution in [3.8, 4) is 11.4 Å². The van der Waals surface area contributed by atoms with Gasteiger partial charge >= 0.3 is 5.97 Å². The highest BCUT2D eigenvalue weighted by molar-refractivity contribution is 7.89. The molecular formula is C29H35N5O6S. The third-order valence-corrected chi connectivity index (χ3v) is 9.44. The molecule has 5 rings (SSSR count). The first-order valence-corrected chi connectivity index (χ1v) is 15.3. The first-order chi connectivity index (χ1) is 19.8. The summed E-state index contributed by atoms with van der Waals surface area (Å²) >= 11 is 0. The van der Waals surface area contributed by atoms with Crippen LogP contribution in [0.2, 0.25) is 0 Å². The summed E-state index contributed by atoms with van der Waals surface area (Å²) in [6.45, 7) is 4.30. The molecule has 3 aromatic rings. The third-order valence-electron chi connectivity index (χ3n) is 7.55. The number of ether oxygens (including phenoxy) is 2. The minimum absolute atomic E-state index is 0.177. The van der Waals surface area contributed by atoms with Crippen molar-refractivity contribution >= 4 is 27.4 Å². The van der Waals surface area contributed by atoms with Crippen LogP contribution in [-0.2, 0) is 19.6 Å². The molecule has 0 aliphatic carbocycles. The minimum Gasteiger partial charge on any atom is -0.497 e. The van der Waals surface area contributed by atoms with Crippen LogP contribution in [0.25, 0.3) is 5.69 Å². The van der Waals surface area contributed by atoms with Gasteiger partial charge < -0.3 is 19.3 Å². The Kier molecular flexibility index (Phi) is 8.60. The summed E-state index contributed by atoms with van der Waals surface area (Å²) in [5.74, 6) is -0.117. The Balaban J connectivity index is 1.45. The van der Waals surface area contributed by atoms with Crippen molar-refractivity contribution in [2.45, 2.75) is 24.7 Å². The van der Waals surface area contributed by atoms with Gasteiger partial charge in [0.25, 0.3) is 5.56 Å². The lowest BCUT2D eigenvalue weighted by molar-refractivity contribution is -0.148. The highest BCUT2D eigenvalue weighted by Gasteiger charge is 2.34. The van der Waals surface area contributed by atoms with Gasteiger partial charge in [0.2, 0.25) is 10.0 Å². The van der Waals surface area contributed by atoms with E-state index in [1.807, 2.05) is 40.1 Å². The van der Waals surface area contributed by atoms with Gasteiger partial charge in [-0.25, -0.2) is 8.42 Å². The van der Waals surface area contributed by atoms with Crippen LogP contribution in [0.1, 0.15) is 19.8 Å². The Bertz CT molecular complexity index is 1540. The summed E-state index contributed by atoms with van der Waals surface area (Å²) in [6.07, 6.45) is 3.11. The first kappa shape index (κ1) is 28.6. The van der Waals surface area contributed by atoms with Gasteiger partial charge in [0.15, 0.2) is 0 Å². The quantitative estimate of drug-likeness (QED) is 0.370. The third kappa shape index (κ3) is 5.94. The maximum absolute atomic E-state index is 14.0. The lowest BCUT2D eigenvalue weighted by Crippen LogP contribution is -2.50. The molecular weight excluding hydrogens is 546 g/mol. The summed E-state index contributed by atoms with van der Waals surface area (Å²) in [5, 5.41) is 4.50. The average molecular weight is 582 g/mol. The second-order valence-electron chi connectivity index (χ2n) is 10.0. The van der Waals surface area contributed by atoms with E-state index in [4.69, 9.17) is 9.47 Å². The van der Waals surface area contributed by atoms with Crippen LogP contribution in [0.3, 0.4) is 0 Å². The lowest BCUT2D eigenvalue weighted by Gasteiger charge is -2.39. The van der Waals surface area contributed by atoms with Crippen molar-refractivity contribution in [2.24, 2.45) is 5.92 Å². The topological polar surface area (TPSA) is 114 Å². The molecule has 1 aromatic heterocycles. The fourth-order valence-corrected chi connectivity index (χ4v) is 6.89. The molecule has 2 saturated heterocycles. The maximum atomic E-state index is 14.0. The summed E-state index contributed by atoms with van der Waals surface area (Å²) in [4.78, 5) is 30.7. The van der Waals surface area contributed by atoms with Crippen LogP contribution in [0, 0.1) is 5.92 Å². The van der Waals surface area contributed by atoms with Crippen LogP contribution < -0.4 is 20.1 Å². The number of hydrogen-bond acceptors (Lipinski definition) is 9. The molecule has 12 heteroatoms. The van der Waals surface area contributed by atoms with Gasteiger partial charge in [-0.15, -0.1) is 0 Å². The molecule has 1 atom stereocenters. The fourth-order valence-electron chi connectivity index (χ4n) is 5.43. The molecule has 41 heavy (non-hydrogen) atoms. The van der Waals surface area contributed by atoms with Gasteiger partial charge in [-0.2, -0.15) is 14.1 Å². The number of aromatic nitrogens is 2. The molecule has 0 bridgehead atoms. The number of anilines is 2. The Morgan fingerprint density at radius 2 is 1.76 bits per heavy atom. The van der Waals surface area contributed by atoms with E-state index in [9.17, 15) is 18.0 Å². The van der Waals surface area contributed by atoms with Crippen LogP contribution >= 0.6 is 0 Å². The number of nitrogens with zero attached hydrogens (tertiary/aromatic N) is 5. The molecule has 2 aliphatic heterocycles. The van der Waals surface area contributed by atoms with Gasteiger partial charge in [-0.1, -0.05) is 24.3 Å². The Morgan fingerprint density at radius 3 is 2.46 bits per heavy atom. The van der Waals surface area contributed by atoms with E-state index in [0.717, 1.165) is 6.42 Å². The van der Waals surface area contributed by atoms with Crippen LogP contribution in [0.5, 0.6) is 5.75 Å². The predicted octanol–water partition coefficient (Wildman–Crippen LogP) is 2.53. The van der Waals surface area contributed by atoms with E-state index in [1.54, 1.807) is 31.3 Å². The van der Waals surface area contributed by atoms with Crippen molar-refractivity contribution in [3.63, 3.8) is 0 Å². The van der Waals surface area contributed by atoms with Gasteiger partial charge in [0.1, 0.15) is 11.4 Å². The maximum Gasteiger partial charge on any atom is 0.310 e. The first-order valence-electron chi connectivity index (χ1n) is 13.8.